The van der Waals surface area contributed by atoms with Gasteiger partial charge in [-0.25, -0.2) is 4.98 Å². The number of rotatable bonds is 2. The maximum Gasteiger partial charge on any atom is 0.180 e. The van der Waals surface area contributed by atoms with E-state index in [1.165, 1.54) is 22.3 Å². The number of hydrogen-bond donors (Lipinski definition) is 0. The summed E-state index contributed by atoms with van der Waals surface area (Å²) in [5.74, 6) is 0. The Morgan fingerprint density at radius 3 is 2.03 bits per heavy atom. The normalized spacial score (nSPS) is 11.0. The fourth-order valence-electron chi connectivity index (χ4n) is 3.52. The number of para-hydroxylation sites is 2. The minimum Gasteiger partial charge on any atom is -0.292 e. The zero-order valence-corrected chi connectivity index (χ0v) is 18.5. The number of imidazole rings is 1. The van der Waals surface area contributed by atoms with E-state index in [-0.39, 0.29) is 0 Å². The minimum absolute atomic E-state index is 0.750. The number of aryl methyl sites for hydroxylation is 1. The molecule has 5 heteroatoms. The van der Waals surface area contributed by atoms with E-state index >= 15 is 0 Å². The topological polar surface area (TPSA) is 17.3 Å². The SMILES string of the molecule is Cc1ccc(-c2cc(-c3ccccc3)n3c(c2)nc2ccccc23)cc1.ClC(Cl)Cl. The molecule has 0 saturated carbocycles. The molecule has 0 aliphatic heterocycles. The standard InChI is InChI=1S/C24H18N2.CHCl3/c1-17-11-13-18(14-12-17)20-15-23(19-7-3-2-4-8-19)26-22-10-6-5-9-21(22)25-24(26)16-20;2-1(3)4/h2-16H,1H3;1H. The molecule has 0 aliphatic carbocycles. The van der Waals surface area contributed by atoms with Gasteiger partial charge in [0.2, 0.25) is 0 Å². The molecule has 5 aromatic rings. The van der Waals surface area contributed by atoms with Gasteiger partial charge in [-0.15, -0.1) is 0 Å². The van der Waals surface area contributed by atoms with Crippen LogP contribution in [0.5, 0.6) is 0 Å². The van der Waals surface area contributed by atoms with Gasteiger partial charge >= 0.3 is 0 Å². The average molecular weight is 454 g/mol. The summed E-state index contributed by atoms with van der Waals surface area (Å²) < 4.78 is 1.50. The van der Waals surface area contributed by atoms with E-state index in [0.29, 0.717) is 0 Å². The van der Waals surface area contributed by atoms with Crippen molar-refractivity contribution in [3.63, 3.8) is 0 Å². The number of aromatic nitrogens is 2. The number of pyridine rings is 1. The number of benzene rings is 3. The van der Waals surface area contributed by atoms with Gasteiger partial charge in [0.15, 0.2) is 4.30 Å². The third-order valence-electron chi connectivity index (χ3n) is 4.86. The Morgan fingerprint density at radius 2 is 1.33 bits per heavy atom. The lowest BCUT2D eigenvalue weighted by Crippen LogP contribution is -1.94. The predicted molar refractivity (Wildman–Crippen MR) is 130 cm³/mol. The maximum absolute atomic E-state index is 4.87. The molecule has 30 heavy (non-hydrogen) atoms. The number of halogens is 3. The molecule has 0 aliphatic rings. The van der Waals surface area contributed by atoms with Crippen molar-refractivity contribution < 1.29 is 0 Å². The first-order chi connectivity index (χ1) is 14.5. The van der Waals surface area contributed by atoms with E-state index in [1.54, 1.807) is 0 Å². The van der Waals surface area contributed by atoms with Gasteiger partial charge in [-0.1, -0.05) is 107 Å². The van der Waals surface area contributed by atoms with Crippen LogP contribution < -0.4 is 0 Å². The molecular formula is C25H19Cl3N2. The summed E-state index contributed by atoms with van der Waals surface area (Å²) in [6.45, 7) is 2.11. The van der Waals surface area contributed by atoms with Crippen LogP contribution >= 0.6 is 34.8 Å². The third-order valence-corrected chi connectivity index (χ3v) is 4.86. The Bertz CT molecular complexity index is 1270. The molecule has 2 heterocycles. The smallest absolute Gasteiger partial charge is 0.180 e. The Balaban J connectivity index is 0.000000503. The van der Waals surface area contributed by atoms with E-state index in [4.69, 9.17) is 39.8 Å². The van der Waals surface area contributed by atoms with E-state index in [0.717, 1.165) is 22.4 Å². The zero-order valence-electron chi connectivity index (χ0n) is 16.3. The van der Waals surface area contributed by atoms with Crippen molar-refractivity contribution in [1.82, 2.24) is 9.38 Å². The van der Waals surface area contributed by atoms with Crippen molar-refractivity contribution in [2.45, 2.75) is 11.2 Å². The maximum atomic E-state index is 4.87. The molecule has 0 atom stereocenters. The van der Waals surface area contributed by atoms with Gasteiger partial charge in [0, 0.05) is 0 Å². The lowest BCUT2D eigenvalue weighted by Gasteiger charge is -2.11. The van der Waals surface area contributed by atoms with Crippen molar-refractivity contribution in [3.05, 3.63) is 96.6 Å². The molecule has 0 fully saturated rings. The molecule has 0 bridgehead atoms. The summed E-state index contributed by atoms with van der Waals surface area (Å²) in [5.41, 5.74) is 9.14. The van der Waals surface area contributed by atoms with Crippen molar-refractivity contribution >= 4 is 51.5 Å². The van der Waals surface area contributed by atoms with Crippen molar-refractivity contribution in [2.75, 3.05) is 0 Å². The van der Waals surface area contributed by atoms with Crippen LogP contribution in [0.15, 0.2) is 91.0 Å². The lowest BCUT2D eigenvalue weighted by atomic mass is 10.0. The molecule has 0 N–H and O–H groups in total. The molecule has 0 unspecified atom stereocenters. The highest BCUT2D eigenvalue weighted by Crippen LogP contribution is 2.31. The fraction of sp³-hybridized carbons (Fsp3) is 0.0800. The first-order valence-electron chi connectivity index (χ1n) is 9.49. The number of fused-ring (bicyclic) bond motifs is 3. The van der Waals surface area contributed by atoms with Crippen LogP contribution in [0.1, 0.15) is 5.56 Å². The van der Waals surface area contributed by atoms with Gasteiger partial charge in [-0.3, -0.25) is 4.40 Å². The van der Waals surface area contributed by atoms with Gasteiger partial charge in [0.1, 0.15) is 5.65 Å². The number of hydrogen-bond acceptors (Lipinski definition) is 1. The molecule has 150 valence electrons. The highest BCUT2D eigenvalue weighted by Gasteiger charge is 2.12. The fourth-order valence-corrected chi connectivity index (χ4v) is 3.52. The van der Waals surface area contributed by atoms with E-state index in [2.05, 4.69) is 96.3 Å². The number of nitrogens with zero attached hydrogens (tertiary/aromatic N) is 2. The first-order valence-corrected chi connectivity index (χ1v) is 10.8. The second-order valence-corrected chi connectivity index (χ2v) is 8.88. The number of alkyl halides is 3. The predicted octanol–water partition coefficient (Wildman–Crippen LogP) is 8.12. The molecule has 5 rings (SSSR count). The van der Waals surface area contributed by atoms with E-state index < -0.39 is 4.30 Å². The summed E-state index contributed by atoms with van der Waals surface area (Å²) in [5, 5.41) is 0. The van der Waals surface area contributed by atoms with E-state index in [1.807, 2.05) is 6.07 Å². The Hall–Kier alpha value is -2.52. The van der Waals surface area contributed by atoms with Gasteiger partial charge in [0.25, 0.3) is 0 Å². The summed E-state index contributed by atoms with van der Waals surface area (Å²) in [7, 11) is 0. The van der Waals surface area contributed by atoms with Gasteiger partial charge in [0.05, 0.1) is 16.7 Å². The monoisotopic (exact) mass is 452 g/mol. The quantitative estimate of drug-likeness (QED) is 0.247. The van der Waals surface area contributed by atoms with Crippen molar-refractivity contribution in [3.8, 4) is 22.4 Å². The first kappa shape index (κ1) is 20.7. The van der Waals surface area contributed by atoms with Gasteiger partial charge in [-0.05, 0) is 47.9 Å². The van der Waals surface area contributed by atoms with Crippen LogP contribution in [-0.2, 0) is 0 Å². The molecule has 0 spiro atoms. The van der Waals surface area contributed by atoms with Crippen LogP contribution in [0.3, 0.4) is 0 Å². The summed E-state index contributed by atoms with van der Waals surface area (Å²) >= 11 is 14.4. The second kappa shape index (κ2) is 9.09. The highest BCUT2D eigenvalue weighted by atomic mass is 35.6. The van der Waals surface area contributed by atoms with Gasteiger partial charge in [-0.2, -0.15) is 0 Å². The van der Waals surface area contributed by atoms with Crippen LogP contribution in [0.4, 0.5) is 0 Å². The highest BCUT2D eigenvalue weighted by molar-refractivity contribution is 6.63. The minimum atomic E-state index is -0.750. The van der Waals surface area contributed by atoms with Crippen LogP contribution in [-0.4, -0.2) is 13.7 Å². The second-order valence-electron chi connectivity index (χ2n) is 6.90. The zero-order chi connectivity index (χ0) is 21.1. The molecule has 0 radical (unpaired) electrons. The summed E-state index contributed by atoms with van der Waals surface area (Å²) in [6.07, 6.45) is 0. The average Bonchev–Trinajstić information content (AvgIpc) is 3.12. The lowest BCUT2D eigenvalue weighted by molar-refractivity contribution is 1.23. The Labute approximate surface area is 190 Å². The molecule has 0 amide bonds. The van der Waals surface area contributed by atoms with Crippen molar-refractivity contribution in [1.29, 1.82) is 0 Å². The molecular weight excluding hydrogens is 435 g/mol. The van der Waals surface area contributed by atoms with Crippen molar-refractivity contribution in [2.24, 2.45) is 0 Å². The Kier molecular flexibility index (Phi) is 6.29. The molecule has 3 aromatic carbocycles. The van der Waals surface area contributed by atoms with Gasteiger partial charge < -0.3 is 0 Å². The summed E-state index contributed by atoms with van der Waals surface area (Å²) in [6, 6.07) is 32.0. The summed E-state index contributed by atoms with van der Waals surface area (Å²) in [4.78, 5) is 4.87. The van der Waals surface area contributed by atoms with E-state index in [9.17, 15) is 0 Å². The molecule has 2 nitrogen and oxygen atoms in total. The van der Waals surface area contributed by atoms with Crippen LogP contribution in [0.2, 0.25) is 0 Å². The van der Waals surface area contributed by atoms with Crippen LogP contribution in [0.25, 0.3) is 39.1 Å². The largest absolute Gasteiger partial charge is 0.292 e. The van der Waals surface area contributed by atoms with Crippen LogP contribution in [0, 0.1) is 6.92 Å². The molecule has 0 saturated heterocycles. The molecule has 2 aromatic heterocycles. The third kappa shape index (κ3) is 4.46. The Morgan fingerprint density at radius 1 is 0.700 bits per heavy atom.